The van der Waals surface area contributed by atoms with E-state index in [4.69, 9.17) is 9.47 Å². The fourth-order valence-electron chi connectivity index (χ4n) is 3.62. The van der Waals surface area contributed by atoms with E-state index in [2.05, 4.69) is 47.1 Å². The lowest BCUT2D eigenvalue weighted by Gasteiger charge is -2.24. The molecule has 0 radical (unpaired) electrons. The van der Waals surface area contributed by atoms with E-state index in [1.807, 2.05) is 61.6 Å². The number of esters is 1. The molecule has 180 valence electrons. The number of carbonyl (C=O) groups is 1. The first-order chi connectivity index (χ1) is 16.4. The van der Waals surface area contributed by atoms with Crippen LogP contribution in [-0.4, -0.2) is 50.2 Å². The first-order valence-corrected chi connectivity index (χ1v) is 11.6. The van der Waals surface area contributed by atoms with Gasteiger partial charge in [0.05, 0.1) is 19.3 Å². The molecule has 3 rings (SSSR count). The average molecular weight is 462 g/mol. The van der Waals surface area contributed by atoms with Gasteiger partial charge >= 0.3 is 5.97 Å². The second-order valence-corrected chi connectivity index (χ2v) is 8.84. The van der Waals surface area contributed by atoms with E-state index in [1.54, 1.807) is 7.11 Å². The second kappa shape index (κ2) is 12.8. The van der Waals surface area contributed by atoms with Gasteiger partial charge in [0, 0.05) is 45.1 Å². The molecule has 0 N–H and O–H groups in total. The maximum Gasteiger partial charge on any atom is 0.338 e. The zero-order valence-corrected chi connectivity index (χ0v) is 20.6. The molecule has 1 atom stereocenters. The zero-order valence-electron chi connectivity index (χ0n) is 20.6. The van der Waals surface area contributed by atoms with Crippen LogP contribution in [-0.2, 0) is 17.8 Å². The summed E-state index contributed by atoms with van der Waals surface area (Å²) >= 11 is 0. The molecule has 0 unspecified atom stereocenters. The van der Waals surface area contributed by atoms with Crippen molar-refractivity contribution >= 4 is 11.7 Å². The Hall–Kier alpha value is -3.38. The molecule has 0 aliphatic rings. The largest absolute Gasteiger partial charge is 0.481 e. The molecule has 0 amide bonds. The molecule has 0 fully saturated rings. The van der Waals surface area contributed by atoms with Gasteiger partial charge in [-0.25, -0.2) is 9.78 Å². The molecular weight excluding hydrogens is 426 g/mol. The maximum absolute atomic E-state index is 12.4. The van der Waals surface area contributed by atoms with Gasteiger partial charge in [-0.05, 0) is 54.3 Å². The number of methoxy groups -OCH3 is 1. The Morgan fingerprint density at radius 1 is 0.941 bits per heavy atom. The minimum Gasteiger partial charge on any atom is -0.481 e. The lowest BCUT2D eigenvalue weighted by Crippen LogP contribution is -2.26. The first kappa shape index (κ1) is 25.2. The number of nitrogens with zero attached hydrogens (tertiary/aromatic N) is 3. The molecule has 0 aliphatic heterocycles. The third-order valence-electron chi connectivity index (χ3n) is 5.72. The SMILES string of the molecule is COc1ccc(CN(CC[C@@H](C)COC(=O)c2ccc(N(C)C)cc2)Cc2ccccc2)cn1. The normalized spacial score (nSPS) is 11.8. The van der Waals surface area contributed by atoms with Crippen molar-refractivity contribution in [2.45, 2.75) is 26.4 Å². The molecule has 0 saturated carbocycles. The minimum absolute atomic E-state index is 0.247. The number of rotatable bonds is 12. The summed E-state index contributed by atoms with van der Waals surface area (Å²) in [5.74, 6) is 0.588. The molecule has 34 heavy (non-hydrogen) atoms. The predicted octanol–water partition coefficient (Wildman–Crippen LogP) is 5.04. The van der Waals surface area contributed by atoms with E-state index >= 15 is 0 Å². The van der Waals surface area contributed by atoms with Gasteiger partial charge in [-0.15, -0.1) is 0 Å². The lowest BCUT2D eigenvalue weighted by molar-refractivity contribution is 0.0435. The monoisotopic (exact) mass is 461 g/mol. The summed E-state index contributed by atoms with van der Waals surface area (Å²) in [6, 6.07) is 21.9. The molecule has 6 heteroatoms. The van der Waals surface area contributed by atoms with E-state index < -0.39 is 0 Å². The van der Waals surface area contributed by atoms with Crippen LogP contribution in [0.15, 0.2) is 72.9 Å². The number of aromatic nitrogens is 1. The number of benzene rings is 2. The summed E-state index contributed by atoms with van der Waals surface area (Å²) in [5.41, 5.74) is 4.03. The van der Waals surface area contributed by atoms with Crippen molar-refractivity contribution in [2.24, 2.45) is 5.92 Å². The lowest BCUT2D eigenvalue weighted by atomic mass is 10.1. The van der Waals surface area contributed by atoms with Gasteiger partial charge in [0.15, 0.2) is 0 Å². The molecule has 6 nitrogen and oxygen atoms in total. The molecule has 3 aromatic rings. The number of anilines is 1. The fourth-order valence-corrected chi connectivity index (χ4v) is 3.62. The number of pyridine rings is 1. The van der Waals surface area contributed by atoms with E-state index in [-0.39, 0.29) is 11.9 Å². The smallest absolute Gasteiger partial charge is 0.338 e. The standard InChI is InChI=1S/C28H35N3O3/c1-22(21-34-28(32)25-11-13-26(14-12-25)30(2)3)16-17-31(19-23-8-6-5-7-9-23)20-24-10-15-27(33-4)29-18-24/h5-15,18,22H,16-17,19-21H2,1-4H3/t22-/m1/s1. The zero-order chi connectivity index (χ0) is 24.3. The van der Waals surface area contributed by atoms with E-state index in [9.17, 15) is 4.79 Å². The van der Waals surface area contributed by atoms with Crippen molar-refractivity contribution < 1.29 is 14.3 Å². The van der Waals surface area contributed by atoms with Crippen LogP contribution in [0.1, 0.15) is 34.8 Å². The van der Waals surface area contributed by atoms with Crippen LogP contribution in [0.25, 0.3) is 0 Å². The summed E-state index contributed by atoms with van der Waals surface area (Å²) in [4.78, 5) is 21.2. The number of carbonyl (C=O) groups excluding carboxylic acids is 1. The van der Waals surface area contributed by atoms with Crippen LogP contribution >= 0.6 is 0 Å². The van der Waals surface area contributed by atoms with Crippen LogP contribution in [0, 0.1) is 5.92 Å². The van der Waals surface area contributed by atoms with Gasteiger partial charge < -0.3 is 14.4 Å². The van der Waals surface area contributed by atoms with E-state index in [0.29, 0.717) is 18.1 Å². The minimum atomic E-state index is -0.275. The van der Waals surface area contributed by atoms with Crippen LogP contribution in [0.4, 0.5) is 5.69 Å². The highest BCUT2D eigenvalue weighted by Gasteiger charge is 2.14. The van der Waals surface area contributed by atoms with Crippen molar-refractivity contribution in [3.63, 3.8) is 0 Å². The average Bonchev–Trinajstić information content (AvgIpc) is 2.87. The summed E-state index contributed by atoms with van der Waals surface area (Å²) in [7, 11) is 5.57. The number of hydrogen-bond acceptors (Lipinski definition) is 6. The molecule has 2 aromatic carbocycles. The number of ether oxygens (including phenoxy) is 2. The van der Waals surface area contributed by atoms with E-state index in [0.717, 1.165) is 37.3 Å². The molecular formula is C28H35N3O3. The highest BCUT2D eigenvalue weighted by atomic mass is 16.5. The van der Waals surface area contributed by atoms with Crippen molar-refractivity contribution in [1.29, 1.82) is 0 Å². The Kier molecular flexibility index (Phi) is 9.47. The Morgan fingerprint density at radius 2 is 1.65 bits per heavy atom. The molecule has 1 aromatic heterocycles. The quantitative estimate of drug-likeness (QED) is 0.352. The van der Waals surface area contributed by atoms with Crippen LogP contribution in [0.3, 0.4) is 0 Å². The molecule has 0 aliphatic carbocycles. The van der Waals surface area contributed by atoms with Crippen molar-refractivity contribution in [3.05, 3.63) is 89.6 Å². The molecule has 0 bridgehead atoms. The Morgan fingerprint density at radius 3 is 2.26 bits per heavy atom. The summed E-state index contributed by atoms with van der Waals surface area (Å²) in [5, 5.41) is 0. The highest BCUT2D eigenvalue weighted by Crippen LogP contribution is 2.16. The third kappa shape index (κ3) is 7.89. The second-order valence-electron chi connectivity index (χ2n) is 8.84. The van der Waals surface area contributed by atoms with E-state index in [1.165, 1.54) is 5.56 Å². The predicted molar refractivity (Wildman–Crippen MR) is 136 cm³/mol. The topological polar surface area (TPSA) is 54.9 Å². The summed E-state index contributed by atoms with van der Waals surface area (Å²) in [6.07, 6.45) is 2.78. The third-order valence-corrected chi connectivity index (χ3v) is 5.72. The van der Waals surface area contributed by atoms with Crippen LogP contribution in [0.5, 0.6) is 5.88 Å². The van der Waals surface area contributed by atoms with Gasteiger partial charge in [0.2, 0.25) is 5.88 Å². The number of hydrogen-bond donors (Lipinski definition) is 0. The van der Waals surface area contributed by atoms with Gasteiger partial charge in [0.25, 0.3) is 0 Å². The Labute approximate surface area is 203 Å². The van der Waals surface area contributed by atoms with Crippen LogP contribution in [0.2, 0.25) is 0 Å². The maximum atomic E-state index is 12.4. The van der Waals surface area contributed by atoms with Crippen LogP contribution < -0.4 is 9.64 Å². The Balaban J connectivity index is 1.53. The molecule has 1 heterocycles. The molecule has 0 saturated heterocycles. The Bertz CT molecular complexity index is 1010. The van der Waals surface area contributed by atoms with Gasteiger partial charge in [-0.2, -0.15) is 0 Å². The summed E-state index contributed by atoms with van der Waals surface area (Å²) < 4.78 is 10.8. The highest BCUT2D eigenvalue weighted by molar-refractivity contribution is 5.89. The van der Waals surface area contributed by atoms with Crippen molar-refractivity contribution in [2.75, 3.05) is 39.3 Å². The van der Waals surface area contributed by atoms with Gasteiger partial charge in [0.1, 0.15) is 0 Å². The van der Waals surface area contributed by atoms with Gasteiger partial charge in [-0.3, -0.25) is 4.90 Å². The van der Waals surface area contributed by atoms with Crippen molar-refractivity contribution in [1.82, 2.24) is 9.88 Å². The molecule has 0 spiro atoms. The summed E-state index contributed by atoms with van der Waals surface area (Å²) in [6.45, 7) is 5.04. The first-order valence-electron chi connectivity index (χ1n) is 11.6. The fraction of sp³-hybridized carbons (Fsp3) is 0.357. The van der Waals surface area contributed by atoms with Gasteiger partial charge in [-0.1, -0.05) is 43.3 Å². The van der Waals surface area contributed by atoms with Crippen molar-refractivity contribution in [3.8, 4) is 5.88 Å².